The molecule has 214 valence electrons. The van der Waals surface area contributed by atoms with Crippen molar-refractivity contribution < 1.29 is 29.0 Å². The summed E-state index contributed by atoms with van der Waals surface area (Å²) in [4.78, 5) is 45.1. The highest BCUT2D eigenvalue weighted by atomic mass is 16.6. The highest BCUT2D eigenvalue weighted by Crippen LogP contribution is 2.63. The van der Waals surface area contributed by atoms with E-state index in [0.717, 1.165) is 57.8 Å². The van der Waals surface area contributed by atoms with Gasteiger partial charge in [0.15, 0.2) is 0 Å². The average Bonchev–Trinajstić information content (AvgIpc) is 3.46. The number of esters is 1. The Morgan fingerprint density at radius 3 is 2.58 bits per heavy atom. The van der Waals surface area contributed by atoms with Crippen molar-refractivity contribution in [1.82, 2.24) is 9.80 Å². The molecule has 0 radical (unpaired) electrons. The molecule has 5 atom stereocenters. The summed E-state index contributed by atoms with van der Waals surface area (Å²) in [5.41, 5.74) is -1.84. The molecule has 3 aliphatic rings. The van der Waals surface area contributed by atoms with Crippen molar-refractivity contribution in [2.45, 2.75) is 102 Å². The second-order valence-electron chi connectivity index (χ2n) is 11.3. The van der Waals surface area contributed by atoms with E-state index in [-0.39, 0.29) is 18.4 Å². The predicted molar refractivity (Wildman–Crippen MR) is 146 cm³/mol. The van der Waals surface area contributed by atoms with Gasteiger partial charge in [-0.3, -0.25) is 14.4 Å². The summed E-state index contributed by atoms with van der Waals surface area (Å²) in [6.45, 7) is 13.4. The third-order valence-corrected chi connectivity index (χ3v) is 8.56. The molecule has 38 heavy (non-hydrogen) atoms. The molecule has 8 nitrogen and oxygen atoms in total. The van der Waals surface area contributed by atoms with Gasteiger partial charge in [-0.05, 0) is 58.3 Å². The number of carbonyl (C=O) groups excluding carboxylic acids is 3. The van der Waals surface area contributed by atoms with Crippen LogP contribution in [0.2, 0.25) is 0 Å². The normalized spacial score (nSPS) is 29.4. The van der Waals surface area contributed by atoms with Crippen LogP contribution in [-0.4, -0.2) is 82.8 Å². The molecule has 2 amide bonds. The maximum Gasteiger partial charge on any atom is 0.312 e. The van der Waals surface area contributed by atoms with Crippen LogP contribution in [0.5, 0.6) is 0 Å². The van der Waals surface area contributed by atoms with Crippen molar-refractivity contribution in [2.24, 2.45) is 11.8 Å². The van der Waals surface area contributed by atoms with Gasteiger partial charge < -0.3 is 24.4 Å². The van der Waals surface area contributed by atoms with E-state index in [2.05, 4.69) is 20.1 Å². The Morgan fingerprint density at radius 2 is 1.89 bits per heavy atom. The molecule has 3 fully saturated rings. The molecular weight excluding hydrogens is 484 g/mol. The van der Waals surface area contributed by atoms with Crippen molar-refractivity contribution in [1.29, 1.82) is 0 Å². The van der Waals surface area contributed by atoms with Gasteiger partial charge in [-0.25, -0.2) is 0 Å². The number of amides is 2. The summed E-state index contributed by atoms with van der Waals surface area (Å²) in [5.74, 6) is -2.12. The molecule has 8 heteroatoms. The van der Waals surface area contributed by atoms with Crippen LogP contribution in [0.3, 0.4) is 0 Å². The number of rotatable bonds is 18. The summed E-state index contributed by atoms with van der Waals surface area (Å²) in [7, 11) is 0. The standard InChI is InChI=1S/C30H48N2O6/c1-5-8-10-15-22-37-28(36)24-23-26(34)32(20-13-11-12-14-21-33)25(30(23)17-16-29(24,4)38-30)27(35)31(18-7-3)19-9-6-2/h5,7,23-25,33H,1,3,6,8-22H2,2,4H3/t23-,24-,25?,29+,30?/m0/s1. The van der Waals surface area contributed by atoms with Crippen LogP contribution < -0.4 is 0 Å². The maximum absolute atomic E-state index is 14.2. The molecule has 1 spiro atoms. The lowest BCUT2D eigenvalue weighted by atomic mass is 9.66. The Balaban J connectivity index is 1.88. The van der Waals surface area contributed by atoms with Gasteiger partial charge in [-0.1, -0.05) is 38.3 Å². The van der Waals surface area contributed by atoms with Gasteiger partial charge in [0.25, 0.3) is 0 Å². The van der Waals surface area contributed by atoms with Crippen LogP contribution in [0.4, 0.5) is 0 Å². The Bertz CT molecular complexity index is 862. The minimum Gasteiger partial charge on any atom is -0.465 e. The number of allylic oxidation sites excluding steroid dienone is 1. The number of hydrogen-bond acceptors (Lipinski definition) is 6. The van der Waals surface area contributed by atoms with Crippen molar-refractivity contribution in [3.63, 3.8) is 0 Å². The molecular formula is C30H48N2O6. The van der Waals surface area contributed by atoms with E-state index in [1.165, 1.54) is 0 Å². The second-order valence-corrected chi connectivity index (χ2v) is 11.3. The van der Waals surface area contributed by atoms with Crippen molar-refractivity contribution in [3.05, 3.63) is 25.3 Å². The first-order valence-electron chi connectivity index (χ1n) is 14.6. The first-order valence-corrected chi connectivity index (χ1v) is 14.6. The lowest BCUT2D eigenvalue weighted by molar-refractivity contribution is -0.160. The van der Waals surface area contributed by atoms with E-state index < -0.39 is 35.0 Å². The molecule has 1 N–H and O–H groups in total. The minimum atomic E-state index is -1.02. The second kappa shape index (κ2) is 13.7. The van der Waals surface area contributed by atoms with E-state index >= 15 is 0 Å². The minimum absolute atomic E-state index is 0.118. The van der Waals surface area contributed by atoms with Crippen LogP contribution in [0.1, 0.15) is 84.5 Å². The Morgan fingerprint density at radius 1 is 1.13 bits per heavy atom. The SMILES string of the molecule is C=CCCCCOC(=O)[C@@H]1[C@H]2C(=O)N(CCCCCCO)C(C(=O)N(CC=C)CCCC)C23CC[C@@]1(C)O3. The molecule has 0 aromatic carbocycles. The van der Waals surface area contributed by atoms with Crippen molar-refractivity contribution in [3.8, 4) is 0 Å². The number of ether oxygens (including phenoxy) is 2. The van der Waals surface area contributed by atoms with Gasteiger partial charge >= 0.3 is 5.97 Å². The summed E-state index contributed by atoms with van der Waals surface area (Å²) >= 11 is 0. The topological polar surface area (TPSA) is 96.4 Å². The van der Waals surface area contributed by atoms with E-state index in [1.807, 2.05) is 13.0 Å². The zero-order valence-corrected chi connectivity index (χ0v) is 23.5. The molecule has 3 aliphatic heterocycles. The highest BCUT2D eigenvalue weighted by Gasteiger charge is 2.78. The zero-order valence-electron chi connectivity index (χ0n) is 23.5. The molecule has 0 aromatic heterocycles. The Hall–Kier alpha value is -2.19. The number of likely N-dealkylation sites (tertiary alicyclic amines) is 1. The van der Waals surface area contributed by atoms with Gasteiger partial charge in [-0.2, -0.15) is 0 Å². The molecule has 0 saturated carbocycles. The van der Waals surface area contributed by atoms with Crippen LogP contribution >= 0.6 is 0 Å². The highest BCUT2D eigenvalue weighted by molar-refractivity contribution is 5.98. The Labute approximate surface area is 228 Å². The van der Waals surface area contributed by atoms with Crippen molar-refractivity contribution in [2.75, 3.05) is 32.8 Å². The molecule has 3 rings (SSSR count). The number of aliphatic hydroxyl groups excluding tert-OH is 1. The van der Waals surface area contributed by atoms with Crippen LogP contribution in [0, 0.1) is 11.8 Å². The van der Waals surface area contributed by atoms with Crippen LogP contribution in [0.25, 0.3) is 0 Å². The third kappa shape index (κ3) is 6.01. The van der Waals surface area contributed by atoms with Gasteiger partial charge in [0.05, 0.1) is 18.1 Å². The molecule has 3 heterocycles. The molecule has 0 aromatic rings. The lowest BCUT2D eigenvalue weighted by Gasteiger charge is -2.37. The molecule has 3 saturated heterocycles. The largest absolute Gasteiger partial charge is 0.465 e. The lowest BCUT2D eigenvalue weighted by Crippen LogP contribution is -2.56. The number of hydrogen-bond donors (Lipinski definition) is 1. The van der Waals surface area contributed by atoms with E-state index in [1.54, 1.807) is 15.9 Å². The Kier molecular flexibility index (Phi) is 11.0. The quantitative estimate of drug-likeness (QED) is 0.163. The molecule has 0 aliphatic carbocycles. The van der Waals surface area contributed by atoms with Gasteiger partial charge in [0, 0.05) is 26.2 Å². The maximum atomic E-state index is 14.2. The van der Waals surface area contributed by atoms with Gasteiger partial charge in [-0.15, -0.1) is 13.2 Å². The number of carbonyl (C=O) groups is 3. The monoisotopic (exact) mass is 532 g/mol. The predicted octanol–water partition coefficient (Wildman–Crippen LogP) is 4.02. The van der Waals surface area contributed by atoms with Crippen LogP contribution in [-0.2, 0) is 23.9 Å². The first kappa shape index (κ1) is 30.4. The summed E-state index contributed by atoms with van der Waals surface area (Å²) in [6, 6.07) is -0.762. The fraction of sp³-hybridized carbons (Fsp3) is 0.767. The first-order chi connectivity index (χ1) is 18.3. The third-order valence-electron chi connectivity index (χ3n) is 8.56. The molecule has 2 bridgehead atoms. The number of unbranched alkanes of at least 4 members (excludes halogenated alkanes) is 6. The van der Waals surface area contributed by atoms with Crippen molar-refractivity contribution >= 4 is 17.8 Å². The summed E-state index contributed by atoms with van der Waals surface area (Å²) < 4.78 is 12.4. The van der Waals surface area contributed by atoms with Gasteiger partial charge in [0.2, 0.25) is 11.8 Å². The smallest absolute Gasteiger partial charge is 0.312 e. The summed E-state index contributed by atoms with van der Waals surface area (Å²) in [6.07, 6.45) is 12.2. The van der Waals surface area contributed by atoms with E-state index in [9.17, 15) is 14.4 Å². The zero-order chi connectivity index (χ0) is 27.8. The fourth-order valence-corrected chi connectivity index (χ4v) is 6.67. The summed E-state index contributed by atoms with van der Waals surface area (Å²) in [5, 5.41) is 9.12. The fourth-order valence-electron chi connectivity index (χ4n) is 6.67. The number of fused-ring (bicyclic) bond motifs is 1. The number of nitrogens with zero attached hydrogens (tertiary/aromatic N) is 2. The number of aliphatic hydroxyl groups is 1. The van der Waals surface area contributed by atoms with E-state index in [4.69, 9.17) is 14.6 Å². The molecule has 2 unspecified atom stereocenters. The van der Waals surface area contributed by atoms with Gasteiger partial charge in [0.1, 0.15) is 17.6 Å². The van der Waals surface area contributed by atoms with Crippen LogP contribution in [0.15, 0.2) is 25.3 Å². The van der Waals surface area contributed by atoms with E-state index in [0.29, 0.717) is 39.1 Å². The average molecular weight is 533 g/mol.